The van der Waals surface area contributed by atoms with Crippen molar-refractivity contribution in [1.29, 1.82) is 0 Å². The first-order valence-electron chi connectivity index (χ1n) is 6.57. The van der Waals surface area contributed by atoms with Crippen molar-refractivity contribution in [3.63, 3.8) is 0 Å². The molecule has 0 saturated heterocycles. The van der Waals surface area contributed by atoms with Gasteiger partial charge in [0, 0.05) is 17.1 Å². The molecule has 1 N–H and O–H groups in total. The summed E-state index contributed by atoms with van der Waals surface area (Å²) in [5.74, 6) is -1.04. The number of halogens is 2. The molecular weight excluding hydrogens is 386 g/mol. The fraction of sp³-hybridized carbons (Fsp3) is 0.125. The number of rotatable bonds is 5. The molecule has 0 spiro atoms. The molecule has 0 saturated carbocycles. The van der Waals surface area contributed by atoms with E-state index in [2.05, 4.69) is 15.9 Å². The Hall–Kier alpha value is -2.05. The predicted octanol–water partition coefficient (Wildman–Crippen LogP) is 3.84. The minimum atomic E-state index is -1.09. The van der Waals surface area contributed by atoms with E-state index in [1.807, 2.05) is 0 Å². The number of aliphatic carboxylic acids is 1. The first kappa shape index (κ1) is 17.3. The van der Waals surface area contributed by atoms with Crippen LogP contribution in [0.3, 0.4) is 0 Å². The number of hydrogen-bond acceptors (Lipinski definition) is 3. The minimum absolute atomic E-state index is 0.270. The highest BCUT2D eigenvalue weighted by Gasteiger charge is 2.18. The molecule has 5 nitrogen and oxygen atoms in total. The van der Waals surface area contributed by atoms with Crippen molar-refractivity contribution in [2.45, 2.75) is 0 Å². The highest BCUT2D eigenvalue weighted by molar-refractivity contribution is 9.10. The number of hydrogen-bond donors (Lipinski definition) is 1. The maximum Gasteiger partial charge on any atom is 0.341 e. The molecule has 120 valence electrons. The summed E-state index contributed by atoms with van der Waals surface area (Å²) in [6.07, 6.45) is 0. The third kappa shape index (κ3) is 4.24. The Morgan fingerprint density at radius 2 is 1.96 bits per heavy atom. The van der Waals surface area contributed by atoms with E-state index in [-0.39, 0.29) is 5.91 Å². The normalized spacial score (nSPS) is 10.2. The largest absolute Gasteiger partial charge is 0.480 e. The summed E-state index contributed by atoms with van der Waals surface area (Å²) in [5.41, 5.74) is 0.918. The molecule has 0 heterocycles. The number of carbonyl (C=O) groups excluding carboxylic acids is 1. The van der Waals surface area contributed by atoms with Crippen LogP contribution in [0.15, 0.2) is 46.9 Å². The topological polar surface area (TPSA) is 66.8 Å². The van der Waals surface area contributed by atoms with Gasteiger partial charge in [0.2, 0.25) is 0 Å². The molecule has 0 bridgehead atoms. The van der Waals surface area contributed by atoms with Gasteiger partial charge < -0.3 is 14.7 Å². The number of amides is 1. The van der Waals surface area contributed by atoms with Crippen LogP contribution in [-0.4, -0.2) is 30.6 Å². The number of anilines is 1. The van der Waals surface area contributed by atoms with Gasteiger partial charge in [-0.3, -0.25) is 4.79 Å². The van der Waals surface area contributed by atoms with E-state index in [0.29, 0.717) is 26.5 Å². The van der Waals surface area contributed by atoms with Gasteiger partial charge in [-0.2, -0.15) is 0 Å². The highest BCUT2D eigenvalue weighted by atomic mass is 79.9. The SMILES string of the molecule is CN(C(=O)c1ccc(Cl)c(Br)c1)c1ccccc1OCC(=O)O. The molecule has 0 aliphatic carbocycles. The molecule has 0 atom stereocenters. The predicted molar refractivity (Wildman–Crippen MR) is 91.5 cm³/mol. The van der Waals surface area contributed by atoms with Crippen molar-refractivity contribution in [3.05, 3.63) is 57.5 Å². The first-order chi connectivity index (χ1) is 10.9. The second-order valence-corrected chi connectivity index (χ2v) is 5.90. The molecule has 0 aliphatic rings. The molecular formula is C16H13BrClNO4. The third-order valence-corrected chi connectivity index (χ3v) is 4.26. The molecule has 0 fully saturated rings. The number of carboxylic acids is 1. The zero-order chi connectivity index (χ0) is 17.0. The van der Waals surface area contributed by atoms with E-state index in [0.717, 1.165) is 0 Å². The fourth-order valence-electron chi connectivity index (χ4n) is 1.93. The summed E-state index contributed by atoms with van der Waals surface area (Å²) in [5, 5.41) is 9.23. The molecule has 2 aromatic carbocycles. The van der Waals surface area contributed by atoms with Crippen molar-refractivity contribution >= 4 is 45.1 Å². The number of carboxylic acid groups (broad SMARTS) is 1. The molecule has 2 aromatic rings. The van der Waals surface area contributed by atoms with Gasteiger partial charge in [-0.05, 0) is 46.3 Å². The lowest BCUT2D eigenvalue weighted by Gasteiger charge is -2.20. The summed E-state index contributed by atoms with van der Waals surface area (Å²) in [4.78, 5) is 24.6. The van der Waals surface area contributed by atoms with Gasteiger partial charge in [0.25, 0.3) is 5.91 Å². The summed E-state index contributed by atoms with van der Waals surface area (Å²) < 4.78 is 5.84. The third-order valence-electron chi connectivity index (χ3n) is 3.05. The van der Waals surface area contributed by atoms with Gasteiger partial charge in [-0.1, -0.05) is 23.7 Å². The Morgan fingerprint density at radius 3 is 2.61 bits per heavy atom. The van der Waals surface area contributed by atoms with Crippen LogP contribution in [0.5, 0.6) is 5.75 Å². The van der Waals surface area contributed by atoms with Gasteiger partial charge in [-0.15, -0.1) is 0 Å². The second-order valence-electron chi connectivity index (χ2n) is 4.64. The Labute approximate surface area is 146 Å². The van der Waals surface area contributed by atoms with Gasteiger partial charge in [0.1, 0.15) is 5.75 Å². The van der Waals surface area contributed by atoms with Crippen molar-refractivity contribution in [2.24, 2.45) is 0 Å². The summed E-state index contributed by atoms with van der Waals surface area (Å²) >= 11 is 9.21. The van der Waals surface area contributed by atoms with E-state index in [1.165, 1.54) is 4.90 Å². The zero-order valence-electron chi connectivity index (χ0n) is 12.1. The summed E-state index contributed by atoms with van der Waals surface area (Å²) in [7, 11) is 1.59. The van der Waals surface area contributed by atoms with Crippen LogP contribution < -0.4 is 9.64 Å². The Morgan fingerprint density at radius 1 is 1.26 bits per heavy atom. The van der Waals surface area contributed by atoms with Gasteiger partial charge in [0.15, 0.2) is 6.61 Å². The van der Waals surface area contributed by atoms with E-state index in [4.69, 9.17) is 21.4 Å². The standard InChI is InChI=1S/C16H13BrClNO4/c1-19(16(22)10-6-7-12(18)11(17)8-10)13-4-2-3-5-14(13)23-9-15(20)21/h2-8H,9H2,1H3,(H,20,21). The molecule has 2 rings (SSSR count). The average molecular weight is 399 g/mol. The lowest BCUT2D eigenvalue weighted by atomic mass is 10.2. The Balaban J connectivity index is 2.28. The van der Waals surface area contributed by atoms with Crippen LogP contribution in [0.25, 0.3) is 0 Å². The van der Waals surface area contributed by atoms with Crippen molar-refractivity contribution < 1.29 is 19.4 Å². The van der Waals surface area contributed by atoms with E-state index < -0.39 is 12.6 Å². The summed E-state index contributed by atoms with van der Waals surface area (Å²) in [6.45, 7) is -0.481. The van der Waals surface area contributed by atoms with Crippen LogP contribution in [0.2, 0.25) is 5.02 Å². The van der Waals surface area contributed by atoms with Crippen LogP contribution >= 0.6 is 27.5 Å². The molecule has 7 heteroatoms. The average Bonchev–Trinajstić information content (AvgIpc) is 2.54. The lowest BCUT2D eigenvalue weighted by molar-refractivity contribution is -0.139. The van der Waals surface area contributed by atoms with Crippen LogP contribution in [-0.2, 0) is 4.79 Å². The van der Waals surface area contributed by atoms with Crippen molar-refractivity contribution in [1.82, 2.24) is 0 Å². The van der Waals surface area contributed by atoms with Crippen LogP contribution in [0, 0.1) is 0 Å². The van der Waals surface area contributed by atoms with Crippen LogP contribution in [0.4, 0.5) is 5.69 Å². The number of carbonyl (C=O) groups is 2. The Bertz CT molecular complexity index is 751. The molecule has 23 heavy (non-hydrogen) atoms. The lowest BCUT2D eigenvalue weighted by Crippen LogP contribution is -2.27. The smallest absolute Gasteiger partial charge is 0.341 e. The minimum Gasteiger partial charge on any atom is -0.480 e. The van der Waals surface area contributed by atoms with Crippen molar-refractivity contribution in [3.8, 4) is 5.75 Å². The van der Waals surface area contributed by atoms with E-state index in [9.17, 15) is 9.59 Å². The van der Waals surface area contributed by atoms with Crippen LogP contribution in [0.1, 0.15) is 10.4 Å². The molecule has 0 aliphatic heterocycles. The number of benzene rings is 2. The number of para-hydroxylation sites is 2. The van der Waals surface area contributed by atoms with E-state index >= 15 is 0 Å². The quantitative estimate of drug-likeness (QED) is 0.831. The maximum atomic E-state index is 12.6. The Kier molecular flexibility index (Phi) is 5.63. The van der Waals surface area contributed by atoms with Gasteiger partial charge in [0.05, 0.1) is 10.7 Å². The van der Waals surface area contributed by atoms with Gasteiger partial charge >= 0.3 is 5.97 Å². The van der Waals surface area contributed by atoms with Gasteiger partial charge in [-0.25, -0.2) is 4.79 Å². The van der Waals surface area contributed by atoms with Crippen molar-refractivity contribution in [2.75, 3.05) is 18.6 Å². The molecule has 0 unspecified atom stereocenters. The molecule has 0 aromatic heterocycles. The van der Waals surface area contributed by atoms with E-state index in [1.54, 1.807) is 49.5 Å². The summed E-state index contributed by atoms with van der Waals surface area (Å²) in [6, 6.07) is 11.6. The first-order valence-corrected chi connectivity index (χ1v) is 7.74. The number of ether oxygens (including phenoxy) is 1. The highest BCUT2D eigenvalue weighted by Crippen LogP contribution is 2.29. The molecule has 1 amide bonds. The zero-order valence-corrected chi connectivity index (χ0v) is 14.5. The number of nitrogens with zero attached hydrogens (tertiary/aromatic N) is 1. The second kappa shape index (κ2) is 7.48. The fourth-order valence-corrected chi connectivity index (χ4v) is 2.42. The molecule has 0 radical (unpaired) electrons. The maximum absolute atomic E-state index is 12.6. The monoisotopic (exact) mass is 397 g/mol.